The van der Waals surface area contributed by atoms with Crippen LogP contribution >= 0.6 is 46.4 Å². The summed E-state index contributed by atoms with van der Waals surface area (Å²) in [5.41, 5.74) is 4.47. The molecule has 0 aliphatic rings. The van der Waals surface area contributed by atoms with Gasteiger partial charge in [-0.15, -0.1) is 0 Å². The number of halogens is 7. The van der Waals surface area contributed by atoms with Crippen LogP contribution in [-0.2, 0) is 26.2 Å². The van der Waals surface area contributed by atoms with Crippen LogP contribution in [-0.4, -0.2) is 18.8 Å². The largest absolute Gasteiger partial charge is 0.416 e. The van der Waals surface area contributed by atoms with E-state index in [1.54, 1.807) is 0 Å². The lowest BCUT2D eigenvalue weighted by atomic mass is 9.82. The molecule has 2 aromatic carbocycles. The molecule has 172 valence electrons. The quantitative estimate of drug-likeness (QED) is 0.455. The van der Waals surface area contributed by atoms with E-state index in [-0.39, 0.29) is 5.56 Å². The van der Waals surface area contributed by atoms with Crippen molar-refractivity contribution >= 4 is 56.7 Å². The molecule has 0 aliphatic heterocycles. The normalized spacial score (nSPS) is 16.0. The zero-order valence-corrected chi connectivity index (χ0v) is 19.6. The molecule has 31 heavy (non-hydrogen) atoms. The number of benzene rings is 2. The van der Waals surface area contributed by atoms with Crippen molar-refractivity contribution in [3.63, 3.8) is 0 Å². The molecule has 0 bridgehead atoms. The molecule has 0 heterocycles. The van der Waals surface area contributed by atoms with Gasteiger partial charge in [0.15, 0.2) is 0 Å². The van der Waals surface area contributed by atoms with Crippen LogP contribution in [0.3, 0.4) is 0 Å². The zero-order chi connectivity index (χ0) is 23.7. The second kappa shape index (κ2) is 9.61. The first-order valence-electron chi connectivity index (χ1n) is 8.47. The van der Waals surface area contributed by atoms with E-state index < -0.39 is 44.0 Å². The van der Waals surface area contributed by atoms with E-state index in [1.165, 1.54) is 31.2 Å². The summed E-state index contributed by atoms with van der Waals surface area (Å²) in [6.07, 6.45) is -4.53. The van der Waals surface area contributed by atoms with E-state index in [2.05, 4.69) is 4.72 Å². The highest BCUT2D eigenvalue weighted by atomic mass is 35.6. The molecule has 0 radical (unpaired) electrons. The Morgan fingerprint density at radius 2 is 1.48 bits per heavy atom. The molecule has 0 fully saturated rings. The summed E-state index contributed by atoms with van der Waals surface area (Å²) in [6, 6.07) is 8.94. The Balaban J connectivity index is 2.46. The average molecular weight is 540 g/mol. The maximum atomic E-state index is 12.9. The zero-order valence-electron chi connectivity index (χ0n) is 15.8. The standard InChI is InChI=1S/C18H17Cl4F3N2O3S/c1-16(12-6-8-14(19)9-7-12,27-31(28,29)30-10-17(20,21)22)15(26)11-2-4-13(5-3-11)18(23,24)25/h2-9,15,27H,10,26H2,1H3/t15-,16+/m1/s1. The Morgan fingerprint density at radius 1 is 1.00 bits per heavy atom. The van der Waals surface area contributed by atoms with Gasteiger partial charge in [0.1, 0.15) is 6.61 Å². The van der Waals surface area contributed by atoms with E-state index in [4.69, 9.17) is 56.3 Å². The lowest BCUT2D eigenvalue weighted by molar-refractivity contribution is -0.137. The van der Waals surface area contributed by atoms with Gasteiger partial charge in [-0.05, 0) is 42.3 Å². The highest BCUT2D eigenvalue weighted by Gasteiger charge is 2.40. The smallest absolute Gasteiger partial charge is 0.322 e. The van der Waals surface area contributed by atoms with Crippen molar-refractivity contribution in [1.82, 2.24) is 4.72 Å². The van der Waals surface area contributed by atoms with Crippen LogP contribution in [0.15, 0.2) is 48.5 Å². The Labute approximate surface area is 197 Å². The minimum Gasteiger partial charge on any atom is -0.322 e. The Morgan fingerprint density at radius 3 is 1.94 bits per heavy atom. The van der Waals surface area contributed by atoms with Gasteiger partial charge in [0, 0.05) is 5.02 Å². The number of nitrogens with one attached hydrogen (secondary N) is 1. The van der Waals surface area contributed by atoms with Crippen LogP contribution in [0.2, 0.25) is 5.02 Å². The first-order chi connectivity index (χ1) is 14.0. The average Bonchev–Trinajstić information content (AvgIpc) is 2.65. The lowest BCUT2D eigenvalue weighted by Gasteiger charge is -2.36. The molecule has 2 rings (SSSR count). The summed E-state index contributed by atoms with van der Waals surface area (Å²) in [6.45, 7) is 0.661. The van der Waals surface area contributed by atoms with Crippen LogP contribution in [0.4, 0.5) is 13.2 Å². The van der Waals surface area contributed by atoms with Gasteiger partial charge in [-0.1, -0.05) is 70.7 Å². The first kappa shape index (κ1) is 26.5. The molecule has 0 unspecified atom stereocenters. The van der Waals surface area contributed by atoms with Crippen molar-refractivity contribution in [2.45, 2.75) is 28.5 Å². The molecular weight excluding hydrogens is 523 g/mol. The summed E-state index contributed by atoms with van der Waals surface area (Å²) >= 11 is 22.5. The second-order valence-electron chi connectivity index (χ2n) is 6.74. The summed E-state index contributed by atoms with van der Waals surface area (Å²) in [5.74, 6) is 0. The Hall–Kier alpha value is -0.780. The van der Waals surface area contributed by atoms with Crippen LogP contribution in [0, 0.1) is 0 Å². The topological polar surface area (TPSA) is 81.4 Å². The molecule has 0 spiro atoms. The maximum absolute atomic E-state index is 12.9. The van der Waals surface area contributed by atoms with Crippen LogP contribution in [0.5, 0.6) is 0 Å². The minimum atomic E-state index is -4.53. The number of nitrogens with two attached hydrogens (primary N) is 1. The van der Waals surface area contributed by atoms with Crippen LogP contribution in [0.1, 0.15) is 29.7 Å². The lowest BCUT2D eigenvalue weighted by Crippen LogP contribution is -2.51. The van der Waals surface area contributed by atoms with E-state index in [1.807, 2.05) is 0 Å². The van der Waals surface area contributed by atoms with Gasteiger partial charge in [0.2, 0.25) is 3.79 Å². The van der Waals surface area contributed by atoms with Gasteiger partial charge in [0.05, 0.1) is 17.1 Å². The summed E-state index contributed by atoms with van der Waals surface area (Å²) in [7, 11) is -4.51. The predicted molar refractivity (Wildman–Crippen MR) is 115 cm³/mol. The van der Waals surface area contributed by atoms with Crippen molar-refractivity contribution in [2.24, 2.45) is 5.73 Å². The molecule has 2 aromatic rings. The van der Waals surface area contributed by atoms with E-state index in [0.29, 0.717) is 10.6 Å². The van der Waals surface area contributed by atoms with E-state index >= 15 is 0 Å². The third-order valence-corrected chi connectivity index (χ3v) is 6.06. The monoisotopic (exact) mass is 538 g/mol. The number of rotatable bonds is 7. The molecule has 0 aliphatic carbocycles. The third-order valence-electron chi connectivity index (χ3n) is 4.38. The number of hydrogen-bond acceptors (Lipinski definition) is 4. The van der Waals surface area contributed by atoms with Gasteiger partial charge >= 0.3 is 16.5 Å². The molecule has 0 saturated carbocycles. The van der Waals surface area contributed by atoms with Gasteiger partial charge in [-0.3, -0.25) is 4.18 Å². The summed E-state index contributed by atoms with van der Waals surface area (Å²) < 4.78 is 68.7. The fraction of sp³-hybridized carbons (Fsp3) is 0.333. The van der Waals surface area contributed by atoms with Gasteiger partial charge in [-0.25, -0.2) is 0 Å². The highest BCUT2D eigenvalue weighted by molar-refractivity contribution is 7.84. The molecule has 5 nitrogen and oxygen atoms in total. The van der Waals surface area contributed by atoms with Crippen molar-refractivity contribution in [1.29, 1.82) is 0 Å². The van der Waals surface area contributed by atoms with Crippen molar-refractivity contribution in [3.8, 4) is 0 Å². The Kier molecular flexibility index (Phi) is 8.20. The molecule has 0 saturated heterocycles. The van der Waals surface area contributed by atoms with Crippen LogP contribution in [0.25, 0.3) is 0 Å². The minimum absolute atomic E-state index is 0.231. The number of hydrogen-bond donors (Lipinski definition) is 2. The molecule has 13 heteroatoms. The predicted octanol–water partition coefficient (Wildman–Crippen LogP) is 5.50. The first-order valence-corrected chi connectivity index (χ1v) is 11.4. The summed E-state index contributed by atoms with van der Waals surface area (Å²) in [5, 5.41) is 0.379. The van der Waals surface area contributed by atoms with Crippen molar-refractivity contribution in [2.75, 3.05) is 6.61 Å². The van der Waals surface area contributed by atoms with Gasteiger partial charge < -0.3 is 5.73 Å². The second-order valence-corrected chi connectivity index (χ2v) is 11.0. The van der Waals surface area contributed by atoms with E-state index in [0.717, 1.165) is 24.3 Å². The highest BCUT2D eigenvalue weighted by Crippen LogP contribution is 2.37. The molecule has 0 amide bonds. The maximum Gasteiger partial charge on any atom is 0.416 e. The van der Waals surface area contributed by atoms with E-state index in [9.17, 15) is 21.6 Å². The molecular formula is C18H17Cl4F3N2O3S. The Bertz CT molecular complexity index is 998. The fourth-order valence-electron chi connectivity index (χ4n) is 2.74. The SMILES string of the molecule is C[C@](NS(=O)(=O)OCC(Cl)(Cl)Cl)(c1ccc(Cl)cc1)[C@H](N)c1ccc(C(F)(F)F)cc1. The van der Waals surface area contributed by atoms with Crippen LogP contribution < -0.4 is 10.5 Å². The molecule has 0 aromatic heterocycles. The van der Waals surface area contributed by atoms with Gasteiger partial charge in [0.25, 0.3) is 0 Å². The van der Waals surface area contributed by atoms with Crippen molar-refractivity contribution in [3.05, 3.63) is 70.2 Å². The van der Waals surface area contributed by atoms with Crippen molar-refractivity contribution < 1.29 is 25.8 Å². The fourth-order valence-corrected chi connectivity index (χ4v) is 4.38. The summed E-state index contributed by atoms with van der Waals surface area (Å²) in [4.78, 5) is 0. The molecule has 2 atom stereocenters. The third kappa shape index (κ3) is 7.36. The molecule has 3 N–H and O–H groups in total. The number of alkyl halides is 6. The van der Waals surface area contributed by atoms with Gasteiger partial charge in [-0.2, -0.15) is 26.3 Å².